The van der Waals surface area contributed by atoms with Crippen molar-refractivity contribution in [2.45, 2.75) is 18.7 Å². The fraction of sp³-hybridized carbons (Fsp3) is 0.364. The van der Waals surface area contributed by atoms with E-state index in [1.807, 2.05) is 60.7 Å². The normalized spacial score (nSPS) is 26.0. The van der Waals surface area contributed by atoms with Crippen molar-refractivity contribution in [3.05, 3.63) is 71.8 Å². The summed E-state index contributed by atoms with van der Waals surface area (Å²) in [5.74, 6) is -0.918. The zero-order chi connectivity index (χ0) is 19.5. The molecule has 2 aliphatic rings. The maximum absolute atomic E-state index is 13.1. The smallest absolute Gasteiger partial charge is 0.410 e. The second-order valence-corrected chi connectivity index (χ2v) is 7.12. The molecule has 6 nitrogen and oxygen atoms in total. The Kier molecular flexibility index (Phi) is 5.30. The Morgan fingerprint density at radius 3 is 2.39 bits per heavy atom. The molecule has 0 N–H and O–H groups in total. The summed E-state index contributed by atoms with van der Waals surface area (Å²) in [5.41, 5.74) is 1.80. The van der Waals surface area contributed by atoms with Crippen LogP contribution in [-0.2, 0) is 25.6 Å². The highest BCUT2D eigenvalue weighted by Gasteiger charge is 2.57. The predicted octanol–water partition coefficient (Wildman–Crippen LogP) is 3.18. The number of hydrogen-bond donors (Lipinski definition) is 0. The van der Waals surface area contributed by atoms with Crippen molar-refractivity contribution < 1.29 is 23.8 Å². The molecule has 0 spiro atoms. The molecule has 2 fully saturated rings. The largest absolute Gasteiger partial charge is 0.469 e. The number of amides is 1. The number of carbonyl (C=O) groups is 2. The van der Waals surface area contributed by atoms with Crippen molar-refractivity contribution in [2.24, 2.45) is 11.8 Å². The summed E-state index contributed by atoms with van der Waals surface area (Å²) in [6.45, 7) is 0.997. The lowest BCUT2D eigenvalue weighted by molar-refractivity contribution is -0.148. The maximum atomic E-state index is 13.1. The van der Waals surface area contributed by atoms with E-state index in [4.69, 9.17) is 14.2 Å². The van der Waals surface area contributed by atoms with Crippen LogP contribution in [0.5, 0.6) is 0 Å². The molecule has 4 rings (SSSR count). The molecule has 6 heteroatoms. The number of esters is 1. The van der Waals surface area contributed by atoms with E-state index in [-0.39, 0.29) is 24.5 Å². The molecule has 146 valence electrons. The number of rotatable bonds is 4. The van der Waals surface area contributed by atoms with Crippen LogP contribution >= 0.6 is 0 Å². The maximum Gasteiger partial charge on any atom is 0.410 e. The summed E-state index contributed by atoms with van der Waals surface area (Å²) in [4.78, 5) is 27.4. The van der Waals surface area contributed by atoms with Gasteiger partial charge in [0.15, 0.2) is 0 Å². The zero-order valence-corrected chi connectivity index (χ0v) is 15.7. The fourth-order valence-electron chi connectivity index (χ4n) is 4.30. The van der Waals surface area contributed by atoms with Gasteiger partial charge in [-0.3, -0.25) is 9.69 Å². The van der Waals surface area contributed by atoms with Gasteiger partial charge in [-0.2, -0.15) is 0 Å². The van der Waals surface area contributed by atoms with E-state index in [1.54, 1.807) is 4.90 Å². The molecule has 0 unspecified atom stereocenters. The molecule has 0 bridgehead atoms. The molecule has 2 aromatic rings. The van der Waals surface area contributed by atoms with Crippen LogP contribution in [-0.4, -0.2) is 43.3 Å². The van der Waals surface area contributed by atoms with E-state index in [9.17, 15) is 9.59 Å². The van der Waals surface area contributed by atoms with Gasteiger partial charge in [0.05, 0.1) is 38.3 Å². The standard InChI is InChI=1S/C22H23NO5/c1-26-21(24)19-17-13-27-14-18(17)23(20(19)16-10-6-3-7-11-16)22(25)28-12-15-8-4-2-5-9-15/h2-11,17-20H,12-14H2,1H3/t17-,18+,19+,20+/m1/s1. The van der Waals surface area contributed by atoms with Crippen LogP contribution in [0.1, 0.15) is 17.2 Å². The van der Waals surface area contributed by atoms with Gasteiger partial charge in [0.25, 0.3) is 0 Å². The van der Waals surface area contributed by atoms with Gasteiger partial charge in [0.1, 0.15) is 6.61 Å². The summed E-state index contributed by atoms with van der Waals surface area (Å²) in [5, 5.41) is 0. The number of ether oxygens (including phenoxy) is 3. The monoisotopic (exact) mass is 381 g/mol. The highest BCUT2D eigenvalue weighted by atomic mass is 16.6. The topological polar surface area (TPSA) is 65.1 Å². The first-order valence-electron chi connectivity index (χ1n) is 9.40. The van der Waals surface area contributed by atoms with Gasteiger partial charge in [-0.1, -0.05) is 60.7 Å². The summed E-state index contributed by atoms with van der Waals surface area (Å²) in [7, 11) is 1.38. The molecule has 2 aliphatic heterocycles. The molecule has 2 saturated heterocycles. The van der Waals surface area contributed by atoms with Crippen LogP contribution in [0.15, 0.2) is 60.7 Å². The molecule has 2 heterocycles. The molecule has 0 aliphatic carbocycles. The lowest BCUT2D eigenvalue weighted by atomic mass is 9.86. The van der Waals surface area contributed by atoms with E-state index in [1.165, 1.54) is 7.11 Å². The van der Waals surface area contributed by atoms with E-state index < -0.39 is 18.1 Å². The first-order valence-corrected chi connectivity index (χ1v) is 9.40. The molecule has 4 atom stereocenters. The quantitative estimate of drug-likeness (QED) is 0.761. The lowest BCUT2D eigenvalue weighted by Crippen LogP contribution is -2.40. The van der Waals surface area contributed by atoms with Crippen molar-refractivity contribution in [3.8, 4) is 0 Å². The molecule has 1 amide bonds. The predicted molar refractivity (Wildman–Crippen MR) is 101 cm³/mol. The first kappa shape index (κ1) is 18.5. The fourth-order valence-corrected chi connectivity index (χ4v) is 4.30. The van der Waals surface area contributed by atoms with Gasteiger partial charge < -0.3 is 14.2 Å². The van der Waals surface area contributed by atoms with Crippen molar-refractivity contribution in [1.82, 2.24) is 4.90 Å². The van der Waals surface area contributed by atoms with E-state index in [0.29, 0.717) is 13.2 Å². The van der Waals surface area contributed by atoms with Crippen LogP contribution in [0, 0.1) is 11.8 Å². The molecule has 0 saturated carbocycles. The Morgan fingerprint density at radius 2 is 1.71 bits per heavy atom. The number of methoxy groups -OCH3 is 1. The summed E-state index contributed by atoms with van der Waals surface area (Å²) < 4.78 is 16.3. The molecular formula is C22H23NO5. The van der Waals surface area contributed by atoms with Gasteiger partial charge in [0, 0.05) is 5.92 Å². The van der Waals surface area contributed by atoms with Gasteiger partial charge in [-0.25, -0.2) is 4.79 Å². The third-order valence-corrected chi connectivity index (χ3v) is 5.58. The van der Waals surface area contributed by atoms with Crippen molar-refractivity contribution in [2.75, 3.05) is 20.3 Å². The van der Waals surface area contributed by atoms with Gasteiger partial charge in [-0.05, 0) is 11.1 Å². The van der Waals surface area contributed by atoms with Gasteiger partial charge in [-0.15, -0.1) is 0 Å². The highest BCUT2D eigenvalue weighted by Crippen LogP contribution is 2.48. The minimum absolute atomic E-state index is 0.109. The lowest BCUT2D eigenvalue weighted by Gasteiger charge is -2.30. The van der Waals surface area contributed by atoms with E-state index in [0.717, 1.165) is 11.1 Å². The zero-order valence-electron chi connectivity index (χ0n) is 15.7. The number of fused-ring (bicyclic) bond motifs is 1. The number of benzene rings is 2. The molecule has 28 heavy (non-hydrogen) atoms. The Labute approximate surface area is 164 Å². The molecule has 2 aromatic carbocycles. The highest BCUT2D eigenvalue weighted by molar-refractivity contribution is 5.78. The second-order valence-electron chi connectivity index (χ2n) is 7.12. The van der Waals surface area contributed by atoms with Gasteiger partial charge in [0.2, 0.25) is 0 Å². The number of carbonyl (C=O) groups excluding carboxylic acids is 2. The van der Waals surface area contributed by atoms with Crippen LogP contribution in [0.4, 0.5) is 4.79 Å². The SMILES string of the molecule is COC(=O)[C@H]1[C@@H]2COC[C@@H]2N(C(=O)OCc2ccccc2)[C@H]1c1ccccc1. The van der Waals surface area contributed by atoms with Crippen LogP contribution in [0.3, 0.4) is 0 Å². The summed E-state index contributed by atoms with van der Waals surface area (Å²) in [6, 6.07) is 18.5. The Balaban J connectivity index is 1.64. The third-order valence-electron chi connectivity index (χ3n) is 5.58. The Bertz CT molecular complexity index is 825. The minimum atomic E-state index is -0.482. The van der Waals surface area contributed by atoms with E-state index >= 15 is 0 Å². The number of hydrogen-bond acceptors (Lipinski definition) is 5. The average molecular weight is 381 g/mol. The Morgan fingerprint density at radius 1 is 1.04 bits per heavy atom. The van der Waals surface area contributed by atoms with Crippen molar-refractivity contribution >= 4 is 12.1 Å². The van der Waals surface area contributed by atoms with Crippen LogP contribution in [0.25, 0.3) is 0 Å². The van der Waals surface area contributed by atoms with Crippen molar-refractivity contribution in [3.63, 3.8) is 0 Å². The van der Waals surface area contributed by atoms with Gasteiger partial charge >= 0.3 is 12.1 Å². The van der Waals surface area contributed by atoms with Crippen LogP contribution in [0.2, 0.25) is 0 Å². The Hall–Kier alpha value is -2.86. The van der Waals surface area contributed by atoms with Crippen molar-refractivity contribution in [1.29, 1.82) is 0 Å². The molecule has 0 aromatic heterocycles. The molecule has 0 radical (unpaired) electrons. The molecular weight excluding hydrogens is 358 g/mol. The second kappa shape index (κ2) is 8.02. The first-order chi connectivity index (χ1) is 13.7. The average Bonchev–Trinajstić information content (AvgIpc) is 3.33. The summed E-state index contributed by atoms with van der Waals surface area (Å²) >= 11 is 0. The third kappa shape index (κ3) is 3.36. The van der Waals surface area contributed by atoms with E-state index in [2.05, 4.69) is 0 Å². The van der Waals surface area contributed by atoms with Crippen LogP contribution < -0.4 is 0 Å². The minimum Gasteiger partial charge on any atom is -0.469 e. The number of nitrogens with zero attached hydrogens (tertiary/aromatic N) is 1. The summed E-state index contributed by atoms with van der Waals surface area (Å²) in [6.07, 6.45) is -0.440. The number of likely N-dealkylation sites (tertiary alicyclic amines) is 1.